The molecule has 0 aliphatic heterocycles. The molecule has 2 aromatic rings. The number of allylic oxidation sites excluding steroid dienone is 1. The van der Waals surface area contributed by atoms with Crippen molar-refractivity contribution in [1.29, 1.82) is 0 Å². The fourth-order valence-electron chi connectivity index (χ4n) is 3.03. The molecule has 0 saturated heterocycles. The number of nitrogens with zero attached hydrogens (tertiary/aromatic N) is 2. The Kier molecular flexibility index (Phi) is 8.17. The lowest BCUT2D eigenvalue weighted by atomic mass is 10.1. The summed E-state index contributed by atoms with van der Waals surface area (Å²) >= 11 is 0. The second-order valence-electron chi connectivity index (χ2n) is 7.04. The van der Waals surface area contributed by atoms with Crippen molar-refractivity contribution in [3.8, 4) is 0 Å². The molecule has 1 amide bonds. The summed E-state index contributed by atoms with van der Waals surface area (Å²) in [7, 11) is 0. The van der Waals surface area contributed by atoms with Crippen LogP contribution >= 0.6 is 0 Å². The van der Waals surface area contributed by atoms with Gasteiger partial charge in [0, 0.05) is 23.7 Å². The van der Waals surface area contributed by atoms with E-state index >= 15 is 0 Å². The van der Waals surface area contributed by atoms with Gasteiger partial charge in [0.05, 0.1) is 18.5 Å². The number of nitrogens with one attached hydrogen (secondary N) is 1. The molecule has 9 heteroatoms. The summed E-state index contributed by atoms with van der Waals surface area (Å²) in [5.74, 6) is -1.45. The van der Waals surface area contributed by atoms with Crippen molar-refractivity contribution in [3.05, 3.63) is 76.5 Å². The number of aliphatic carboxylic acids is 1. The van der Waals surface area contributed by atoms with Gasteiger partial charge < -0.3 is 10.4 Å². The molecule has 6 nitrogen and oxygen atoms in total. The lowest BCUT2D eigenvalue weighted by molar-refractivity contribution is -0.138. The minimum Gasteiger partial charge on any atom is -0.481 e. The Balaban J connectivity index is 2.07. The topological polar surface area (TPSA) is 82.0 Å². The number of rotatable bonds is 9. The summed E-state index contributed by atoms with van der Waals surface area (Å²) in [5, 5.41) is 17.3. The molecule has 0 aliphatic carbocycles. The van der Waals surface area contributed by atoms with E-state index < -0.39 is 23.6 Å². The molecular formula is C23H24F3N3O3. The number of carboxylic acid groups (broad SMARTS) is 1. The predicted octanol–water partition coefficient (Wildman–Crippen LogP) is 5.53. The normalized spacial score (nSPS) is 12.0. The van der Waals surface area contributed by atoms with Crippen LogP contribution in [-0.4, -0.2) is 28.7 Å². The number of hydrogen-bond donors (Lipinski definition) is 2. The molecule has 32 heavy (non-hydrogen) atoms. The fourth-order valence-corrected chi connectivity index (χ4v) is 3.03. The Bertz CT molecular complexity index is 998. The highest BCUT2D eigenvalue weighted by Crippen LogP contribution is 2.29. The van der Waals surface area contributed by atoms with Gasteiger partial charge in [-0.2, -0.15) is 18.3 Å². The Hall–Kier alpha value is -3.62. The Morgan fingerprint density at radius 3 is 2.16 bits per heavy atom. The van der Waals surface area contributed by atoms with Gasteiger partial charge in [-0.05, 0) is 60.9 Å². The van der Waals surface area contributed by atoms with Crippen LogP contribution in [0, 0.1) is 0 Å². The van der Waals surface area contributed by atoms with Gasteiger partial charge in [-0.3, -0.25) is 14.6 Å². The van der Waals surface area contributed by atoms with E-state index in [4.69, 9.17) is 5.11 Å². The molecule has 0 saturated carbocycles. The third-order valence-corrected chi connectivity index (χ3v) is 4.88. The number of carbonyl (C=O) groups is 2. The number of alkyl halides is 3. The standard InChI is InChI=1S/C23H24F3N3O3/c1-4-17(13-21(30)31)15(2)29(27-3)14-16-5-11-20(12-6-16)28-22(32)18-7-9-19(10-8-18)23(24,25)26/h5-12H,3-4,13-14H2,1-2H3,(H,28,32)(H,30,31)/b17-15+. The third kappa shape index (κ3) is 6.69. The minimum atomic E-state index is -4.46. The van der Waals surface area contributed by atoms with Gasteiger partial charge >= 0.3 is 12.1 Å². The van der Waals surface area contributed by atoms with E-state index in [1.54, 1.807) is 36.2 Å². The zero-order valence-corrected chi connectivity index (χ0v) is 17.7. The van der Waals surface area contributed by atoms with Gasteiger partial charge in [-0.1, -0.05) is 19.1 Å². The number of benzene rings is 2. The van der Waals surface area contributed by atoms with Crippen molar-refractivity contribution in [2.75, 3.05) is 5.32 Å². The highest BCUT2D eigenvalue weighted by molar-refractivity contribution is 6.04. The molecule has 0 atom stereocenters. The highest BCUT2D eigenvalue weighted by atomic mass is 19.4. The average Bonchev–Trinajstić information content (AvgIpc) is 2.75. The lowest BCUT2D eigenvalue weighted by Crippen LogP contribution is -2.17. The van der Waals surface area contributed by atoms with Gasteiger partial charge in [0.1, 0.15) is 0 Å². The number of carbonyl (C=O) groups excluding carboxylic acids is 1. The van der Waals surface area contributed by atoms with Crippen LogP contribution in [0.4, 0.5) is 18.9 Å². The maximum absolute atomic E-state index is 12.6. The molecular weight excluding hydrogens is 423 g/mol. The molecule has 0 unspecified atom stereocenters. The third-order valence-electron chi connectivity index (χ3n) is 4.88. The van der Waals surface area contributed by atoms with Crippen molar-refractivity contribution < 1.29 is 27.9 Å². The van der Waals surface area contributed by atoms with E-state index in [1.165, 1.54) is 0 Å². The molecule has 2 aromatic carbocycles. The molecule has 2 N–H and O–H groups in total. The van der Waals surface area contributed by atoms with E-state index in [2.05, 4.69) is 17.1 Å². The van der Waals surface area contributed by atoms with E-state index in [-0.39, 0.29) is 12.0 Å². The summed E-state index contributed by atoms with van der Waals surface area (Å²) in [6, 6.07) is 10.8. The second-order valence-corrected chi connectivity index (χ2v) is 7.04. The van der Waals surface area contributed by atoms with Gasteiger partial charge in [0.15, 0.2) is 0 Å². The Morgan fingerprint density at radius 2 is 1.69 bits per heavy atom. The summed E-state index contributed by atoms with van der Waals surface area (Å²) in [5.41, 5.74) is 2.06. The first kappa shape index (κ1) is 24.6. The van der Waals surface area contributed by atoms with Gasteiger partial charge in [0.2, 0.25) is 0 Å². The van der Waals surface area contributed by atoms with Crippen molar-refractivity contribution in [2.45, 2.75) is 39.4 Å². The fraction of sp³-hybridized carbons (Fsp3) is 0.261. The van der Waals surface area contributed by atoms with Crippen LogP contribution in [0.1, 0.15) is 48.2 Å². The maximum atomic E-state index is 12.6. The molecule has 0 fully saturated rings. The summed E-state index contributed by atoms with van der Waals surface area (Å²) in [4.78, 5) is 23.3. The van der Waals surface area contributed by atoms with Crippen molar-refractivity contribution in [3.63, 3.8) is 0 Å². The monoisotopic (exact) mass is 447 g/mol. The van der Waals surface area contributed by atoms with Gasteiger partial charge in [0.25, 0.3) is 5.91 Å². The first-order chi connectivity index (χ1) is 15.0. The molecule has 0 bridgehead atoms. The number of amides is 1. The SMILES string of the molecule is C=NN(Cc1ccc(NC(=O)c2ccc(C(F)(F)F)cc2)cc1)/C(C)=C(\CC)CC(=O)O. The quantitative estimate of drug-likeness (QED) is 0.391. The molecule has 0 spiro atoms. The molecule has 0 heterocycles. The van der Waals surface area contributed by atoms with Crippen LogP contribution in [0.25, 0.3) is 0 Å². The number of carboxylic acids is 1. The van der Waals surface area contributed by atoms with E-state index in [1.807, 2.05) is 6.92 Å². The van der Waals surface area contributed by atoms with Gasteiger partial charge in [-0.15, -0.1) is 0 Å². The zero-order valence-electron chi connectivity index (χ0n) is 17.7. The number of anilines is 1. The number of hydrazone groups is 1. The van der Waals surface area contributed by atoms with Crippen LogP contribution in [0.5, 0.6) is 0 Å². The van der Waals surface area contributed by atoms with Gasteiger partial charge in [-0.25, -0.2) is 0 Å². The summed E-state index contributed by atoms with van der Waals surface area (Å²) in [6.45, 7) is 7.56. The first-order valence-electron chi connectivity index (χ1n) is 9.77. The van der Waals surface area contributed by atoms with Crippen LogP contribution < -0.4 is 5.32 Å². The number of hydrogen-bond acceptors (Lipinski definition) is 4. The predicted molar refractivity (Wildman–Crippen MR) is 116 cm³/mol. The summed E-state index contributed by atoms with van der Waals surface area (Å²) < 4.78 is 37.9. The molecule has 0 aromatic heterocycles. The van der Waals surface area contributed by atoms with E-state index in [9.17, 15) is 22.8 Å². The molecule has 0 radical (unpaired) electrons. The van der Waals surface area contributed by atoms with E-state index in [0.717, 1.165) is 35.4 Å². The van der Waals surface area contributed by atoms with Crippen LogP contribution in [0.2, 0.25) is 0 Å². The highest BCUT2D eigenvalue weighted by Gasteiger charge is 2.30. The number of halogens is 3. The van der Waals surface area contributed by atoms with Crippen LogP contribution in [0.15, 0.2) is 64.9 Å². The van der Waals surface area contributed by atoms with Crippen LogP contribution in [-0.2, 0) is 17.5 Å². The molecule has 0 aliphatic rings. The molecule has 170 valence electrons. The first-order valence-corrected chi connectivity index (χ1v) is 9.77. The Morgan fingerprint density at radius 1 is 1.09 bits per heavy atom. The van der Waals surface area contributed by atoms with E-state index in [0.29, 0.717) is 24.4 Å². The second kappa shape index (κ2) is 10.6. The van der Waals surface area contributed by atoms with Crippen molar-refractivity contribution in [1.82, 2.24) is 5.01 Å². The largest absolute Gasteiger partial charge is 0.481 e. The zero-order chi connectivity index (χ0) is 23.9. The van der Waals surface area contributed by atoms with Crippen molar-refractivity contribution in [2.24, 2.45) is 5.10 Å². The Labute approximate surface area is 184 Å². The lowest BCUT2D eigenvalue weighted by Gasteiger charge is -2.22. The molecule has 2 rings (SSSR count). The van der Waals surface area contributed by atoms with Crippen molar-refractivity contribution >= 4 is 24.3 Å². The van der Waals surface area contributed by atoms with Crippen LogP contribution in [0.3, 0.4) is 0 Å². The smallest absolute Gasteiger partial charge is 0.416 e. The minimum absolute atomic E-state index is 0.0801. The maximum Gasteiger partial charge on any atom is 0.416 e. The average molecular weight is 447 g/mol. The summed E-state index contributed by atoms with van der Waals surface area (Å²) in [6.07, 6.45) is -3.97.